The molecule has 2 aromatic rings. The van der Waals surface area contributed by atoms with Gasteiger partial charge in [-0.05, 0) is 32.0 Å². The summed E-state index contributed by atoms with van der Waals surface area (Å²) in [6.07, 6.45) is 2.00. The maximum absolute atomic E-state index is 6.12. The van der Waals surface area contributed by atoms with Crippen molar-refractivity contribution in [2.75, 3.05) is 5.73 Å². The van der Waals surface area contributed by atoms with E-state index in [0.29, 0.717) is 11.1 Å². The molecule has 2 rings (SSSR count). The van der Waals surface area contributed by atoms with Crippen molar-refractivity contribution < 1.29 is 0 Å². The first-order chi connectivity index (χ1) is 8.58. The fraction of sp³-hybridized carbons (Fsp3) is 0.308. The first-order valence-electron chi connectivity index (χ1n) is 5.78. The van der Waals surface area contributed by atoms with Crippen molar-refractivity contribution in [3.05, 3.63) is 41.2 Å². The van der Waals surface area contributed by atoms with E-state index in [1.807, 2.05) is 35.1 Å². The molecule has 0 saturated heterocycles. The largest absolute Gasteiger partial charge is 0.398 e. The molecule has 0 aliphatic carbocycles. The number of nitrogens with zero attached hydrogens (tertiary/aromatic N) is 2. The quantitative estimate of drug-likeness (QED) is 0.681. The van der Waals surface area contributed by atoms with Gasteiger partial charge in [0.25, 0.3) is 0 Å². The minimum Gasteiger partial charge on any atom is -0.398 e. The molecule has 0 radical (unpaired) electrons. The molecule has 0 amide bonds. The van der Waals surface area contributed by atoms with Gasteiger partial charge in [-0.3, -0.25) is 4.68 Å². The minimum absolute atomic E-state index is 0.383. The average Bonchev–Trinajstić information content (AvgIpc) is 2.77. The van der Waals surface area contributed by atoms with E-state index in [1.54, 1.807) is 11.8 Å². The number of rotatable bonds is 4. The van der Waals surface area contributed by atoms with Crippen LogP contribution in [0.15, 0.2) is 35.4 Å². The van der Waals surface area contributed by atoms with Gasteiger partial charge in [0, 0.05) is 28.6 Å². The van der Waals surface area contributed by atoms with Gasteiger partial charge in [0.1, 0.15) is 0 Å². The molecule has 0 fully saturated rings. The number of anilines is 1. The topological polar surface area (TPSA) is 43.8 Å². The number of nitrogen functional groups attached to an aromatic ring is 1. The first-order valence-corrected chi connectivity index (χ1v) is 7.15. The molecule has 0 aliphatic heterocycles. The predicted octanol–water partition coefficient (Wildman–Crippen LogP) is 3.99. The van der Waals surface area contributed by atoms with Crippen molar-refractivity contribution in [1.29, 1.82) is 0 Å². The van der Waals surface area contributed by atoms with Crippen molar-refractivity contribution in [3.8, 4) is 0 Å². The molecule has 0 unspecified atom stereocenters. The van der Waals surface area contributed by atoms with Crippen LogP contribution in [0.5, 0.6) is 0 Å². The standard InChI is InChI=1S/C13H16ClN3S/c1-9(2)17-7-6-10(16-17)8-18-13-11(14)4-3-5-12(13)15/h3-7,9H,8,15H2,1-2H3. The van der Waals surface area contributed by atoms with Crippen molar-refractivity contribution in [3.63, 3.8) is 0 Å². The Morgan fingerprint density at radius 2 is 2.17 bits per heavy atom. The van der Waals surface area contributed by atoms with Crippen LogP contribution in [0.1, 0.15) is 25.6 Å². The van der Waals surface area contributed by atoms with E-state index in [9.17, 15) is 0 Å². The lowest BCUT2D eigenvalue weighted by atomic mass is 10.3. The van der Waals surface area contributed by atoms with Crippen LogP contribution in [-0.4, -0.2) is 9.78 Å². The highest BCUT2D eigenvalue weighted by molar-refractivity contribution is 7.98. The summed E-state index contributed by atoms with van der Waals surface area (Å²) in [5, 5.41) is 5.19. The molecular formula is C13H16ClN3S. The highest BCUT2D eigenvalue weighted by atomic mass is 35.5. The summed E-state index contributed by atoms with van der Waals surface area (Å²) >= 11 is 7.74. The summed E-state index contributed by atoms with van der Waals surface area (Å²) in [7, 11) is 0. The SMILES string of the molecule is CC(C)n1ccc(CSc2c(N)cccc2Cl)n1. The fourth-order valence-corrected chi connectivity index (χ4v) is 2.80. The Labute approximate surface area is 116 Å². The molecule has 0 bridgehead atoms. The Morgan fingerprint density at radius 3 is 2.78 bits per heavy atom. The lowest BCUT2D eigenvalue weighted by Crippen LogP contribution is -2.01. The van der Waals surface area contributed by atoms with Crippen LogP contribution in [0.2, 0.25) is 5.02 Å². The second-order valence-corrected chi connectivity index (χ2v) is 5.72. The summed E-state index contributed by atoms with van der Waals surface area (Å²) in [5.41, 5.74) is 7.66. The van der Waals surface area contributed by atoms with E-state index in [1.165, 1.54) is 0 Å². The summed E-state index contributed by atoms with van der Waals surface area (Å²) in [6.45, 7) is 4.21. The monoisotopic (exact) mass is 281 g/mol. The van der Waals surface area contributed by atoms with Crippen molar-refractivity contribution in [2.24, 2.45) is 0 Å². The third-order valence-electron chi connectivity index (χ3n) is 2.55. The van der Waals surface area contributed by atoms with E-state index in [0.717, 1.165) is 22.0 Å². The van der Waals surface area contributed by atoms with Crippen molar-refractivity contribution in [2.45, 2.75) is 30.5 Å². The van der Waals surface area contributed by atoms with Crippen molar-refractivity contribution >= 4 is 29.1 Å². The molecule has 1 heterocycles. The number of thioether (sulfide) groups is 1. The molecular weight excluding hydrogens is 266 g/mol. The zero-order chi connectivity index (χ0) is 13.1. The van der Waals surface area contributed by atoms with Gasteiger partial charge < -0.3 is 5.73 Å². The molecule has 1 aromatic heterocycles. The zero-order valence-corrected chi connectivity index (χ0v) is 12.0. The molecule has 0 aliphatic rings. The van der Waals surface area contributed by atoms with Crippen LogP contribution in [0.4, 0.5) is 5.69 Å². The number of hydrogen-bond acceptors (Lipinski definition) is 3. The number of nitrogens with two attached hydrogens (primary N) is 1. The highest BCUT2D eigenvalue weighted by Gasteiger charge is 2.07. The van der Waals surface area contributed by atoms with E-state index in [4.69, 9.17) is 17.3 Å². The molecule has 96 valence electrons. The molecule has 5 heteroatoms. The van der Waals surface area contributed by atoms with Gasteiger partial charge in [-0.15, -0.1) is 11.8 Å². The van der Waals surface area contributed by atoms with Crippen molar-refractivity contribution in [1.82, 2.24) is 9.78 Å². The van der Waals surface area contributed by atoms with Crippen LogP contribution in [0.3, 0.4) is 0 Å². The van der Waals surface area contributed by atoms with Gasteiger partial charge in [0.15, 0.2) is 0 Å². The maximum atomic E-state index is 6.12. The van der Waals surface area contributed by atoms with Gasteiger partial charge in [-0.1, -0.05) is 17.7 Å². The van der Waals surface area contributed by atoms with Gasteiger partial charge in [-0.2, -0.15) is 5.10 Å². The number of halogens is 1. The van der Waals surface area contributed by atoms with Crippen LogP contribution in [-0.2, 0) is 5.75 Å². The van der Waals surface area contributed by atoms with Gasteiger partial charge in [0.05, 0.1) is 10.7 Å². The van der Waals surface area contributed by atoms with E-state index < -0.39 is 0 Å². The molecule has 3 nitrogen and oxygen atoms in total. The summed E-state index contributed by atoms with van der Waals surface area (Å²) in [5.74, 6) is 0.771. The Kier molecular flexibility index (Phi) is 4.19. The minimum atomic E-state index is 0.383. The second-order valence-electron chi connectivity index (χ2n) is 4.33. The Bertz CT molecular complexity index is 517. The highest BCUT2D eigenvalue weighted by Crippen LogP contribution is 2.34. The maximum Gasteiger partial charge on any atom is 0.0727 e. The zero-order valence-electron chi connectivity index (χ0n) is 10.4. The van der Waals surface area contributed by atoms with E-state index in [2.05, 4.69) is 18.9 Å². The normalized spacial score (nSPS) is 11.1. The Hall–Kier alpha value is -1.13. The van der Waals surface area contributed by atoms with E-state index >= 15 is 0 Å². The molecule has 0 spiro atoms. The van der Waals surface area contributed by atoms with E-state index in [-0.39, 0.29) is 0 Å². The Morgan fingerprint density at radius 1 is 1.39 bits per heavy atom. The third kappa shape index (κ3) is 3.00. The molecule has 18 heavy (non-hydrogen) atoms. The molecule has 2 N–H and O–H groups in total. The predicted molar refractivity (Wildman–Crippen MR) is 78.0 cm³/mol. The second kappa shape index (κ2) is 5.67. The smallest absolute Gasteiger partial charge is 0.0727 e. The van der Waals surface area contributed by atoms with Gasteiger partial charge in [-0.25, -0.2) is 0 Å². The van der Waals surface area contributed by atoms with Gasteiger partial charge in [0.2, 0.25) is 0 Å². The Balaban J connectivity index is 2.07. The summed E-state index contributed by atoms with van der Waals surface area (Å²) in [6, 6.07) is 7.98. The molecule has 0 atom stereocenters. The molecule has 0 saturated carbocycles. The number of aromatic nitrogens is 2. The molecule has 1 aromatic carbocycles. The third-order valence-corrected chi connectivity index (χ3v) is 4.17. The number of benzene rings is 1. The van der Waals surface area contributed by atoms with Crippen LogP contribution < -0.4 is 5.73 Å². The summed E-state index contributed by atoms with van der Waals surface area (Å²) < 4.78 is 1.95. The van der Waals surface area contributed by atoms with Crippen LogP contribution >= 0.6 is 23.4 Å². The summed E-state index contributed by atoms with van der Waals surface area (Å²) in [4.78, 5) is 0.929. The first kappa shape index (κ1) is 13.3. The lowest BCUT2D eigenvalue weighted by Gasteiger charge is -2.06. The lowest BCUT2D eigenvalue weighted by molar-refractivity contribution is 0.529. The van der Waals surface area contributed by atoms with Gasteiger partial charge >= 0.3 is 0 Å². The number of hydrogen-bond donors (Lipinski definition) is 1. The van der Waals surface area contributed by atoms with Crippen LogP contribution in [0.25, 0.3) is 0 Å². The fourth-order valence-electron chi connectivity index (χ4n) is 1.57. The average molecular weight is 282 g/mol. The van der Waals surface area contributed by atoms with Crippen LogP contribution in [0, 0.1) is 0 Å².